The highest BCUT2D eigenvalue weighted by Gasteiger charge is 2.40. The molecule has 0 fully saturated rings. The third kappa shape index (κ3) is 4.47. The summed E-state index contributed by atoms with van der Waals surface area (Å²) in [6.07, 6.45) is 3.57. The molecular formula is C25H19Cl2N3O7. The lowest BCUT2D eigenvalue weighted by molar-refractivity contribution is -0.394. The predicted octanol–water partition coefficient (Wildman–Crippen LogP) is 6.30. The largest absolute Gasteiger partial charge is 0.447 e. The molecule has 0 saturated carbocycles. The zero-order valence-corrected chi connectivity index (χ0v) is 20.7. The van der Waals surface area contributed by atoms with Gasteiger partial charge in [-0.05, 0) is 49.4 Å². The SMILES string of the molecule is O=C1CCCC2=C1C(c1cc(Cl)c(Oc3ccc([N+](=O)[O-])cc3[N+](=O)[O-])c(Cl)c1)C1=C(CCCC1=O)N2. The van der Waals surface area contributed by atoms with Crippen molar-refractivity contribution in [3.63, 3.8) is 0 Å². The van der Waals surface area contributed by atoms with E-state index in [0.717, 1.165) is 42.4 Å². The predicted molar refractivity (Wildman–Crippen MR) is 134 cm³/mol. The van der Waals surface area contributed by atoms with E-state index in [1.807, 2.05) is 0 Å². The number of allylic oxidation sites excluding steroid dienone is 4. The molecule has 1 aliphatic heterocycles. The number of nitrogens with zero attached hydrogens (tertiary/aromatic N) is 2. The van der Waals surface area contributed by atoms with E-state index in [4.69, 9.17) is 27.9 Å². The standard InChI is InChI=1S/C25H19Cl2N3O7/c26-14-9-12(10-15(27)25(14)37-21-8-7-13(29(33)34)11-18(21)30(35)36)22-23-16(3-1-5-19(23)31)28-17-4-2-6-20(32)24(17)22/h7-11,22,28H,1-6H2. The first-order valence-corrected chi connectivity index (χ1v) is 12.3. The van der Waals surface area contributed by atoms with E-state index >= 15 is 0 Å². The second-order valence-electron chi connectivity index (χ2n) is 8.98. The summed E-state index contributed by atoms with van der Waals surface area (Å²) in [6.45, 7) is 0. The normalized spacial score (nSPS) is 17.8. The molecule has 3 aliphatic rings. The van der Waals surface area contributed by atoms with Crippen LogP contribution in [0.2, 0.25) is 10.0 Å². The second-order valence-corrected chi connectivity index (χ2v) is 9.79. The van der Waals surface area contributed by atoms with E-state index in [1.54, 1.807) is 0 Å². The van der Waals surface area contributed by atoms with Crippen LogP contribution in [0.3, 0.4) is 0 Å². The number of nitro benzene ring substituents is 2. The molecular weight excluding hydrogens is 525 g/mol. The lowest BCUT2D eigenvalue weighted by Gasteiger charge is -2.37. The third-order valence-electron chi connectivity index (χ3n) is 6.71. The number of benzene rings is 2. The number of rotatable bonds is 5. The molecule has 2 aromatic rings. The van der Waals surface area contributed by atoms with E-state index in [9.17, 15) is 29.8 Å². The molecule has 0 amide bonds. The maximum absolute atomic E-state index is 13.0. The number of hydrogen-bond acceptors (Lipinski definition) is 8. The van der Waals surface area contributed by atoms with Crippen LogP contribution in [0.1, 0.15) is 50.0 Å². The Morgan fingerprint density at radius 3 is 1.92 bits per heavy atom. The number of ketones is 2. The number of non-ortho nitro benzene ring substituents is 1. The Morgan fingerprint density at radius 1 is 0.838 bits per heavy atom. The summed E-state index contributed by atoms with van der Waals surface area (Å²) in [7, 11) is 0. The minimum atomic E-state index is -0.807. The van der Waals surface area contributed by atoms with E-state index in [-0.39, 0.29) is 33.1 Å². The average molecular weight is 544 g/mol. The zero-order valence-electron chi connectivity index (χ0n) is 19.2. The van der Waals surface area contributed by atoms with Crippen molar-refractivity contribution < 1.29 is 24.2 Å². The van der Waals surface area contributed by atoms with Gasteiger partial charge < -0.3 is 10.1 Å². The van der Waals surface area contributed by atoms with Gasteiger partial charge in [0, 0.05) is 47.4 Å². The van der Waals surface area contributed by atoms with Gasteiger partial charge in [-0.25, -0.2) is 0 Å². The molecule has 1 N–H and O–H groups in total. The molecule has 2 aromatic carbocycles. The molecule has 0 atom stereocenters. The fraction of sp³-hybridized carbons (Fsp3) is 0.280. The van der Waals surface area contributed by atoms with Gasteiger partial charge in [0.05, 0.1) is 26.0 Å². The van der Waals surface area contributed by atoms with Crippen LogP contribution < -0.4 is 10.1 Å². The summed E-state index contributed by atoms with van der Waals surface area (Å²) in [5.41, 5.74) is 2.12. The van der Waals surface area contributed by atoms with Crippen LogP contribution >= 0.6 is 23.2 Å². The van der Waals surface area contributed by atoms with Crippen molar-refractivity contribution >= 4 is 46.1 Å². The van der Waals surface area contributed by atoms with E-state index in [2.05, 4.69) is 5.32 Å². The Labute approximate surface area is 220 Å². The molecule has 5 rings (SSSR count). The van der Waals surface area contributed by atoms with Crippen molar-refractivity contribution in [3.05, 3.63) is 88.7 Å². The lowest BCUT2D eigenvalue weighted by Crippen LogP contribution is -2.36. The molecule has 1 heterocycles. The van der Waals surface area contributed by atoms with Crippen molar-refractivity contribution in [1.29, 1.82) is 0 Å². The van der Waals surface area contributed by atoms with Gasteiger partial charge in [0.1, 0.15) is 0 Å². The number of nitrogens with one attached hydrogen (secondary N) is 1. The molecule has 190 valence electrons. The maximum atomic E-state index is 13.0. The van der Waals surface area contributed by atoms with Gasteiger partial charge >= 0.3 is 5.69 Å². The average Bonchev–Trinajstić information content (AvgIpc) is 2.85. The lowest BCUT2D eigenvalue weighted by atomic mass is 9.71. The molecule has 10 nitrogen and oxygen atoms in total. The van der Waals surface area contributed by atoms with Crippen LogP contribution in [0, 0.1) is 20.2 Å². The fourth-order valence-corrected chi connectivity index (χ4v) is 5.70. The van der Waals surface area contributed by atoms with Crippen LogP contribution in [0.25, 0.3) is 0 Å². The summed E-state index contributed by atoms with van der Waals surface area (Å²) in [6, 6.07) is 6.02. The molecule has 0 aromatic heterocycles. The van der Waals surface area contributed by atoms with Crippen molar-refractivity contribution in [1.82, 2.24) is 5.32 Å². The van der Waals surface area contributed by atoms with Gasteiger partial charge in [0.2, 0.25) is 5.75 Å². The Balaban J connectivity index is 1.59. The first-order valence-electron chi connectivity index (χ1n) is 11.5. The monoisotopic (exact) mass is 543 g/mol. The number of ether oxygens (including phenoxy) is 1. The number of Topliss-reactive ketones (excluding diaryl/α,β-unsaturated/α-hetero) is 2. The number of hydrogen-bond donors (Lipinski definition) is 1. The molecule has 12 heteroatoms. The minimum Gasteiger partial charge on any atom is -0.447 e. The summed E-state index contributed by atoms with van der Waals surface area (Å²) in [4.78, 5) is 47.0. The Kier molecular flexibility index (Phi) is 6.47. The van der Waals surface area contributed by atoms with Gasteiger partial charge in [-0.15, -0.1) is 0 Å². The zero-order chi connectivity index (χ0) is 26.4. The first-order chi connectivity index (χ1) is 17.7. The van der Waals surface area contributed by atoms with Crippen molar-refractivity contribution in [2.75, 3.05) is 0 Å². The smallest absolute Gasteiger partial charge is 0.318 e. The van der Waals surface area contributed by atoms with Crippen molar-refractivity contribution in [3.8, 4) is 11.5 Å². The number of halogens is 2. The van der Waals surface area contributed by atoms with Crippen LogP contribution in [-0.2, 0) is 9.59 Å². The van der Waals surface area contributed by atoms with Gasteiger partial charge in [-0.2, -0.15) is 0 Å². The minimum absolute atomic E-state index is 0.00417. The van der Waals surface area contributed by atoms with Gasteiger partial charge in [-0.1, -0.05) is 23.2 Å². The van der Waals surface area contributed by atoms with Crippen LogP contribution in [0.15, 0.2) is 52.9 Å². The van der Waals surface area contributed by atoms with E-state index in [0.29, 0.717) is 42.4 Å². The van der Waals surface area contributed by atoms with Crippen molar-refractivity contribution in [2.24, 2.45) is 0 Å². The number of carbonyl (C=O) groups is 2. The Hall–Kier alpha value is -3.76. The van der Waals surface area contributed by atoms with E-state index in [1.165, 1.54) is 12.1 Å². The molecule has 37 heavy (non-hydrogen) atoms. The third-order valence-corrected chi connectivity index (χ3v) is 7.27. The van der Waals surface area contributed by atoms with Gasteiger partial charge in [-0.3, -0.25) is 29.8 Å². The summed E-state index contributed by atoms with van der Waals surface area (Å²) in [5, 5.41) is 25.9. The molecule has 2 aliphatic carbocycles. The fourth-order valence-electron chi connectivity index (χ4n) is 5.12. The van der Waals surface area contributed by atoms with Crippen molar-refractivity contribution in [2.45, 2.75) is 44.4 Å². The molecule has 0 bridgehead atoms. The van der Waals surface area contributed by atoms with Crippen LogP contribution in [-0.4, -0.2) is 21.4 Å². The Morgan fingerprint density at radius 2 is 1.41 bits per heavy atom. The highest BCUT2D eigenvalue weighted by molar-refractivity contribution is 6.37. The Bertz CT molecular complexity index is 1400. The summed E-state index contributed by atoms with van der Waals surface area (Å²) < 4.78 is 5.67. The summed E-state index contributed by atoms with van der Waals surface area (Å²) >= 11 is 13.1. The topological polar surface area (TPSA) is 142 Å². The van der Waals surface area contributed by atoms with Gasteiger partial charge in [0.25, 0.3) is 5.69 Å². The number of carbonyl (C=O) groups excluding carboxylic acids is 2. The number of dihydropyridines is 1. The second kappa shape index (κ2) is 9.60. The molecule has 0 unspecified atom stereocenters. The number of nitro groups is 2. The van der Waals surface area contributed by atoms with Gasteiger partial charge in [0.15, 0.2) is 17.3 Å². The first kappa shape index (κ1) is 24.9. The maximum Gasteiger partial charge on any atom is 0.318 e. The highest BCUT2D eigenvalue weighted by atomic mass is 35.5. The molecule has 0 spiro atoms. The van der Waals surface area contributed by atoms with Crippen LogP contribution in [0.5, 0.6) is 11.5 Å². The molecule has 0 radical (unpaired) electrons. The van der Waals surface area contributed by atoms with Crippen LogP contribution in [0.4, 0.5) is 11.4 Å². The van der Waals surface area contributed by atoms with E-state index < -0.39 is 27.1 Å². The summed E-state index contributed by atoms with van der Waals surface area (Å²) in [5.74, 6) is -1.10. The molecule has 0 saturated heterocycles. The quantitative estimate of drug-likeness (QED) is 0.341. The highest BCUT2D eigenvalue weighted by Crippen LogP contribution is 2.48.